The summed E-state index contributed by atoms with van der Waals surface area (Å²) >= 11 is 1.50. The molecular formula is C34H51BN6O6S. The van der Waals surface area contributed by atoms with E-state index in [-0.39, 0.29) is 24.3 Å². The number of methoxy groups -OCH3 is 1. The largest absolute Gasteiger partial charge is 0.458 e. The zero-order valence-electron chi connectivity index (χ0n) is 29.8. The zero-order chi connectivity index (χ0) is 35.4. The van der Waals surface area contributed by atoms with Gasteiger partial charge in [-0.2, -0.15) is 0 Å². The van der Waals surface area contributed by atoms with E-state index in [1.54, 1.807) is 36.7 Å². The molecule has 4 rings (SSSR count). The molecule has 2 aliphatic heterocycles. The number of carbonyl (C=O) groups is 3. The highest BCUT2D eigenvalue weighted by atomic mass is 32.1. The molecule has 0 unspecified atom stereocenters. The number of amides is 1. The molecule has 2 aliphatic rings. The third kappa shape index (κ3) is 7.86. The number of carbonyl (C=O) groups excluding carboxylic acids is 3. The van der Waals surface area contributed by atoms with E-state index in [0.29, 0.717) is 25.1 Å². The average Bonchev–Trinajstić information content (AvgIpc) is 3.82. The van der Waals surface area contributed by atoms with Gasteiger partial charge in [0.05, 0.1) is 32.2 Å². The van der Waals surface area contributed by atoms with Crippen molar-refractivity contribution in [1.29, 1.82) is 0 Å². The monoisotopic (exact) mass is 682 g/mol. The van der Waals surface area contributed by atoms with E-state index in [2.05, 4.69) is 34.0 Å². The Morgan fingerprint density at radius 3 is 2.50 bits per heavy atom. The van der Waals surface area contributed by atoms with Crippen LogP contribution in [0.25, 0.3) is 10.7 Å². The van der Waals surface area contributed by atoms with Crippen LogP contribution in [0.4, 0.5) is 4.79 Å². The molecule has 4 heterocycles. The first-order valence-electron chi connectivity index (χ1n) is 16.9. The van der Waals surface area contributed by atoms with Crippen molar-refractivity contribution >= 4 is 37.0 Å². The molecule has 262 valence electrons. The molecule has 0 aromatic carbocycles. The van der Waals surface area contributed by atoms with Crippen LogP contribution < -0.4 is 0 Å². The molecule has 0 spiro atoms. The number of aromatic nitrogens is 4. The molecule has 0 N–H and O–H groups in total. The van der Waals surface area contributed by atoms with Gasteiger partial charge in [0.2, 0.25) is 0 Å². The van der Waals surface area contributed by atoms with Gasteiger partial charge in [0.15, 0.2) is 5.60 Å². The molecule has 1 amide bonds. The van der Waals surface area contributed by atoms with Crippen LogP contribution in [0.15, 0.2) is 29.9 Å². The summed E-state index contributed by atoms with van der Waals surface area (Å²) in [7, 11) is 10.3. The molecule has 2 radical (unpaired) electrons. The number of ketones is 1. The summed E-state index contributed by atoms with van der Waals surface area (Å²) in [5, 5.41) is 11.1. The van der Waals surface area contributed by atoms with Gasteiger partial charge >= 0.3 is 12.1 Å². The topological polar surface area (TPSA) is 129 Å². The molecule has 0 saturated carbocycles. The van der Waals surface area contributed by atoms with E-state index in [9.17, 15) is 14.4 Å². The van der Waals surface area contributed by atoms with Gasteiger partial charge in [-0.25, -0.2) is 14.5 Å². The van der Waals surface area contributed by atoms with Gasteiger partial charge in [0.1, 0.15) is 28.5 Å². The van der Waals surface area contributed by atoms with Crippen LogP contribution in [0.2, 0.25) is 5.82 Å². The molecule has 14 heteroatoms. The Kier molecular flexibility index (Phi) is 12.3. The van der Waals surface area contributed by atoms with E-state index in [1.165, 1.54) is 11.3 Å². The minimum atomic E-state index is -1.18. The number of fused-ring (bicyclic) bond motifs is 1. The Hall–Kier alpha value is -3.10. The fraction of sp³-hybridized carbons (Fsp3) is 0.706. The first-order valence-corrected chi connectivity index (χ1v) is 17.7. The predicted octanol–water partition coefficient (Wildman–Crippen LogP) is 4.81. The molecule has 2 aromatic heterocycles. The second kappa shape index (κ2) is 15.6. The number of likely N-dealkylation sites (N-methyl/N-ethyl adjacent to an activating group) is 1. The fourth-order valence-corrected chi connectivity index (χ4v) is 7.79. The van der Waals surface area contributed by atoms with Crippen molar-refractivity contribution in [3.05, 3.63) is 29.9 Å². The highest BCUT2D eigenvalue weighted by Crippen LogP contribution is 2.41. The number of nitrogens with zero attached hydrogens (tertiary/aromatic N) is 6. The molecule has 2 saturated heterocycles. The number of ether oxygens (including phenoxy) is 3. The van der Waals surface area contributed by atoms with Crippen LogP contribution in [-0.4, -0.2) is 112 Å². The molecule has 2 fully saturated rings. The minimum absolute atomic E-state index is 0.172. The number of hydrogen-bond acceptors (Lipinski definition) is 11. The first-order chi connectivity index (χ1) is 22.7. The van der Waals surface area contributed by atoms with Crippen molar-refractivity contribution in [2.24, 2.45) is 17.8 Å². The van der Waals surface area contributed by atoms with E-state index in [4.69, 9.17) is 22.1 Å². The summed E-state index contributed by atoms with van der Waals surface area (Å²) in [5.41, 5.74) is -1.25. The van der Waals surface area contributed by atoms with Crippen molar-refractivity contribution in [1.82, 2.24) is 29.8 Å². The summed E-state index contributed by atoms with van der Waals surface area (Å²) in [6, 6.07) is -0.639. The van der Waals surface area contributed by atoms with Crippen LogP contribution in [0.3, 0.4) is 0 Å². The lowest BCUT2D eigenvalue weighted by molar-refractivity contribution is -0.171. The summed E-state index contributed by atoms with van der Waals surface area (Å²) in [5.74, 6) is -3.07. The summed E-state index contributed by atoms with van der Waals surface area (Å²) < 4.78 is 19.9. The second-order valence-electron chi connectivity index (χ2n) is 13.9. The number of hydrogen-bond donors (Lipinski definition) is 0. The Balaban J connectivity index is 1.61. The maximum atomic E-state index is 13.6. The number of allylic oxidation sites excluding steroid dienone is 1. The van der Waals surface area contributed by atoms with Gasteiger partial charge in [0, 0.05) is 37.2 Å². The second-order valence-corrected chi connectivity index (χ2v) is 14.8. The van der Waals surface area contributed by atoms with Gasteiger partial charge in [-0.3, -0.25) is 14.5 Å². The van der Waals surface area contributed by atoms with Gasteiger partial charge in [-0.05, 0) is 72.3 Å². The molecule has 12 nitrogen and oxygen atoms in total. The third-order valence-corrected chi connectivity index (χ3v) is 11.3. The zero-order valence-corrected chi connectivity index (χ0v) is 30.6. The summed E-state index contributed by atoms with van der Waals surface area (Å²) in [6.45, 7) is 14.7. The maximum Gasteiger partial charge on any atom is 0.411 e. The average molecular weight is 683 g/mol. The maximum absolute atomic E-state index is 13.6. The Labute approximate surface area is 290 Å². The molecular weight excluding hydrogens is 631 g/mol. The number of Topliss-reactive ketones (excluding diaryl/α,β-unsaturated/α-hetero) is 1. The standard InChI is InChI=1S/C34H51BN6O6S/c1-10-26-34(7)29(41(32(44)47-34)16-12-11-15-40-20-25(37-38-40)30-36-14-18-48-30)24(5)39(8)17-13-21(2)19-33(6,45-9)28(35)22(3)27(42)23(4)31(43)46-26/h11-12,14,18,20-24,26,28-29H,10,13,15-17,19H2,1-9H3/b12-11+/t21-,22+,23-,24+,26-,28-,29-,33-,34-/m1/s1. The predicted molar refractivity (Wildman–Crippen MR) is 185 cm³/mol. The smallest absolute Gasteiger partial charge is 0.411 e. The van der Waals surface area contributed by atoms with Crippen LogP contribution in [-0.2, 0) is 30.3 Å². The highest BCUT2D eigenvalue weighted by molar-refractivity contribution is 7.13. The number of thiazole rings is 1. The highest BCUT2D eigenvalue weighted by Gasteiger charge is 2.58. The Morgan fingerprint density at radius 1 is 1.15 bits per heavy atom. The molecule has 0 bridgehead atoms. The molecule has 9 atom stereocenters. The number of rotatable bonds is 7. The Bertz CT molecular complexity index is 1440. The van der Waals surface area contributed by atoms with Crippen molar-refractivity contribution < 1.29 is 28.6 Å². The van der Waals surface area contributed by atoms with E-state index in [0.717, 1.165) is 18.0 Å². The van der Waals surface area contributed by atoms with Crippen molar-refractivity contribution in [3.8, 4) is 10.7 Å². The van der Waals surface area contributed by atoms with E-state index < -0.39 is 53.1 Å². The lowest BCUT2D eigenvalue weighted by Crippen LogP contribution is -2.60. The van der Waals surface area contributed by atoms with Gasteiger partial charge < -0.3 is 19.1 Å². The minimum Gasteiger partial charge on any atom is -0.458 e. The quantitative estimate of drug-likeness (QED) is 0.174. The molecule has 48 heavy (non-hydrogen) atoms. The summed E-state index contributed by atoms with van der Waals surface area (Å²) in [4.78, 5) is 49.0. The van der Waals surface area contributed by atoms with Crippen LogP contribution in [0.5, 0.6) is 0 Å². The van der Waals surface area contributed by atoms with Crippen molar-refractivity contribution in [2.45, 2.75) is 109 Å². The normalized spacial score (nSPS) is 34.7. The lowest BCUT2D eigenvalue weighted by Gasteiger charge is -2.44. The Morgan fingerprint density at radius 2 is 1.85 bits per heavy atom. The molecule has 2 aromatic rings. The van der Waals surface area contributed by atoms with Gasteiger partial charge in [0.25, 0.3) is 0 Å². The fourth-order valence-electron chi connectivity index (χ4n) is 7.20. The third-order valence-electron chi connectivity index (χ3n) is 10.5. The molecule has 0 aliphatic carbocycles. The van der Waals surface area contributed by atoms with E-state index in [1.807, 2.05) is 51.5 Å². The van der Waals surface area contributed by atoms with Gasteiger partial charge in [-0.15, -0.1) is 16.4 Å². The van der Waals surface area contributed by atoms with Crippen LogP contribution in [0.1, 0.15) is 67.7 Å². The number of esters is 1. The summed E-state index contributed by atoms with van der Waals surface area (Å²) in [6.07, 6.45) is 7.99. The van der Waals surface area contributed by atoms with Crippen molar-refractivity contribution in [3.63, 3.8) is 0 Å². The number of cyclic esters (lactones) is 1. The van der Waals surface area contributed by atoms with Crippen molar-refractivity contribution in [2.75, 3.05) is 27.2 Å². The van der Waals surface area contributed by atoms with Gasteiger partial charge in [-0.1, -0.05) is 38.1 Å². The lowest BCUT2D eigenvalue weighted by atomic mass is 9.62. The van der Waals surface area contributed by atoms with Crippen LogP contribution >= 0.6 is 11.3 Å². The van der Waals surface area contributed by atoms with Crippen LogP contribution in [0, 0.1) is 17.8 Å². The SMILES string of the molecule is [B][C@@H]1[C@@H](C)C(=O)[C@@H](C)C(=O)O[C@H](CC)[C@@]2(C)OC(=O)N(C/C=C/Cn3cc(-c4nccs4)nn3)[C@@H]2[C@H](C)N(C)CC[C@@H](C)C[C@@]1(C)OC. The first kappa shape index (κ1) is 37.7. The van der Waals surface area contributed by atoms with E-state index >= 15 is 0 Å².